The molecule has 21 heavy (non-hydrogen) atoms. The minimum absolute atomic E-state index is 0.0819. The van der Waals surface area contributed by atoms with Crippen LogP contribution in [0.25, 0.3) is 0 Å². The molecule has 0 saturated carbocycles. The van der Waals surface area contributed by atoms with Gasteiger partial charge in [0.15, 0.2) is 0 Å². The fourth-order valence-corrected chi connectivity index (χ4v) is 2.06. The first kappa shape index (κ1) is 14.9. The summed E-state index contributed by atoms with van der Waals surface area (Å²) in [7, 11) is 0. The highest BCUT2D eigenvalue weighted by Gasteiger charge is 2.18. The van der Waals surface area contributed by atoms with Crippen molar-refractivity contribution >= 4 is 11.5 Å². The van der Waals surface area contributed by atoms with Gasteiger partial charge in [0.2, 0.25) is 5.82 Å². The lowest BCUT2D eigenvalue weighted by Gasteiger charge is -2.17. The van der Waals surface area contributed by atoms with Gasteiger partial charge in [0.1, 0.15) is 0 Å². The van der Waals surface area contributed by atoms with Crippen LogP contribution in [0.1, 0.15) is 11.1 Å². The van der Waals surface area contributed by atoms with E-state index in [9.17, 15) is 15.2 Å². The molecule has 2 rings (SSSR count). The van der Waals surface area contributed by atoms with Gasteiger partial charge in [-0.15, -0.1) is 0 Å². The summed E-state index contributed by atoms with van der Waals surface area (Å²) in [6.45, 7) is 1.61. The smallest absolute Gasteiger partial charge is 0.311 e. The molecule has 0 bridgehead atoms. The average Bonchev–Trinajstić information content (AvgIpc) is 2.49. The quantitative estimate of drug-likeness (QED) is 0.628. The van der Waals surface area contributed by atoms with Crippen molar-refractivity contribution in [1.29, 1.82) is 0 Å². The molecule has 1 aromatic carbocycles. The molecule has 6 nitrogen and oxygen atoms in total. The second-order valence-corrected chi connectivity index (χ2v) is 4.85. The molecule has 0 spiro atoms. The molecular formula is C15H17N3O3. The largest absolute Gasteiger partial charge is 0.394 e. The van der Waals surface area contributed by atoms with Gasteiger partial charge >= 0.3 is 5.69 Å². The van der Waals surface area contributed by atoms with E-state index in [2.05, 4.69) is 10.3 Å². The highest BCUT2D eigenvalue weighted by Crippen LogP contribution is 2.23. The molecule has 0 saturated heterocycles. The van der Waals surface area contributed by atoms with Gasteiger partial charge in [-0.3, -0.25) is 10.1 Å². The Labute approximate surface area is 122 Å². The number of anilines is 1. The number of aliphatic hydroxyl groups is 1. The SMILES string of the molecule is Cc1cnc(NC(CO)Cc2ccccc2)c([N+](=O)[O-])c1. The molecule has 1 atom stereocenters. The van der Waals surface area contributed by atoms with E-state index < -0.39 is 4.92 Å². The Hall–Kier alpha value is -2.47. The summed E-state index contributed by atoms with van der Waals surface area (Å²) in [6.07, 6.45) is 2.12. The van der Waals surface area contributed by atoms with Gasteiger partial charge in [-0.25, -0.2) is 4.98 Å². The summed E-state index contributed by atoms with van der Waals surface area (Å²) in [6, 6.07) is 10.8. The van der Waals surface area contributed by atoms with Crippen molar-refractivity contribution < 1.29 is 10.0 Å². The van der Waals surface area contributed by atoms with Gasteiger partial charge in [-0.05, 0) is 24.5 Å². The Balaban J connectivity index is 2.17. The van der Waals surface area contributed by atoms with E-state index in [1.807, 2.05) is 30.3 Å². The maximum absolute atomic E-state index is 11.1. The number of pyridine rings is 1. The molecule has 1 heterocycles. The molecule has 2 N–H and O–H groups in total. The first-order chi connectivity index (χ1) is 10.1. The van der Waals surface area contributed by atoms with Crippen molar-refractivity contribution in [1.82, 2.24) is 4.98 Å². The summed E-state index contributed by atoms with van der Waals surface area (Å²) >= 11 is 0. The Morgan fingerprint density at radius 3 is 2.71 bits per heavy atom. The number of hydrogen-bond donors (Lipinski definition) is 2. The van der Waals surface area contributed by atoms with Gasteiger partial charge in [0.25, 0.3) is 0 Å². The number of aromatic nitrogens is 1. The van der Waals surface area contributed by atoms with Crippen LogP contribution in [0.15, 0.2) is 42.6 Å². The second-order valence-electron chi connectivity index (χ2n) is 4.85. The molecule has 0 aliphatic rings. The number of nitrogens with zero attached hydrogens (tertiary/aromatic N) is 2. The van der Waals surface area contributed by atoms with E-state index in [1.54, 1.807) is 13.1 Å². The minimum atomic E-state index is -0.473. The molecule has 6 heteroatoms. The molecule has 1 unspecified atom stereocenters. The lowest BCUT2D eigenvalue weighted by molar-refractivity contribution is -0.384. The number of rotatable bonds is 6. The van der Waals surface area contributed by atoms with Crippen LogP contribution < -0.4 is 5.32 Å². The van der Waals surface area contributed by atoms with Crippen LogP contribution in [0.2, 0.25) is 0 Å². The van der Waals surface area contributed by atoms with E-state index in [1.165, 1.54) is 6.07 Å². The third kappa shape index (κ3) is 4.00. The van der Waals surface area contributed by atoms with Crippen LogP contribution in [-0.2, 0) is 6.42 Å². The third-order valence-electron chi connectivity index (χ3n) is 3.09. The van der Waals surface area contributed by atoms with Crippen molar-refractivity contribution in [2.45, 2.75) is 19.4 Å². The van der Waals surface area contributed by atoms with Crippen LogP contribution in [0.5, 0.6) is 0 Å². The number of hydrogen-bond acceptors (Lipinski definition) is 5. The molecule has 0 fully saturated rings. The molecular weight excluding hydrogens is 270 g/mol. The summed E-state index contributed by atoms with van der Waals surface area (Å²) in [5, 5.41) is 23.5. The Morgan fingerprint density at radius 2 is 2.10 bits per heavy atom. The molecule has 0 radical (unpaired) electrons. The number of nitro groups is 1. The lowest BCUT2D eigenvalue weighted by Crippen LogP contribution is -2.27. The molecule has 110 valence electrons. The van der Waals surface area contributed by atoms with Crippen molar-refractivity contribution in [2.75, 3.05) is 11.9 Å². The van der Waals surface area contributed by atoms with Crippen LogP contribution in [0.3, 0.4) is 0 Å². The van der Waals surface area contributed by atoms with Gasteiger partial charge in [0, 0.05) is 12.3 Å². The summed E-state index contributed by atoms with van der Waals surface area (Å²) in [4.78, 5) is 14.7. The van der Waals surface area contributed by atoms with Crippen molar-refractivity contribution in [2.24, 2.45) is 0 Å². The van der Waals surface area contributed by atoms with E-state index in [4.69, 9.17) is 0 Å². The minimum Gasteiger partial charge on any atom is -0.394 e. The highest BCUT2D eigenvalue weighted by atomic mass is 16.6. The van der Waals surface area contributed by atoms with E-state index >= 15 is 0 Å². The second kappa shape index (κ2) is 6.81. The number of aryl methyl sites for hydroxylation is 1. The van der Waals surface area contributed by atoms with Gasteiger partial charge in [-0.1, -0.05) is 30.3 Å². The third-order valence-corrected chi connectivity index (χ3v) is 3.09. The maximum atomic E-state index is 11.1. The molecule has 0 amide bonds. The summed E-state index contributed by atoms with van der Waals surface area (Å²) in [5.41, 5.74) is 1.68. The summed E-state index contributed by atoms with van der Waals surface area (Å²) in [5.74, 6) is 0.181. The predicted octanol–water partition coefficient (Wildman–Crippen LogP) is 2.31. The topological polar surface area (TPSA) is 88.3 Å². The Kier molecular flexibility index (Phi) is 4.84. The van der Waals surface area contributed by atoms with Crippen molar-refractivity contribution in [3.05, 3.63) is 63.8 Å². The zero-order valence-corrected chi connectivity index (χ0v) is 11.7. The first-order valence-corrected chi connectivity index (χ1v) is 6.62. The fourth-order valence-electron chi connectivity index (χ4n) is 2.06. The number of benzene rings is 1. The monoisotopic (exact) mass is 287 g/mol. The van der Waals surface area contributed by atoms with Crippen LogP contribution in [0.4, 0.5) is 11.5 Å². The lowest BCUT2D eigenvalue weighted by atomic mass is 10.1. The first-order valence-electron chi connectivity index (χ1n) is 6.62. The van der Waals surface area contributed by atoms with Gasteiger partial charge < -0.3 is 10.4 Å². The maximum Gasteiger partial charge on any atom is 0.311 e. The van der Waals surface area contributed by atoms with Crippen LogP contribution >= 0.6 is 0 Å². The van der Waals surface area contributed by atoms with Crippen LogP contribution in [0, 0.1) is 17.0 Å². The Morgan fingerprint density at radius 1 is 1.38 bits per heavy atom. The molecule has 0 aliphatic carbocycles. The van der Waals surface area contributed by atoms with E-state index in [-0.39, 0.29) is 24.2 Å². The zero-order chi connectivity index (χ0) is 15.2. The predicted molar refractivity (Wildman–Crippen MR) is 80.3 cm³/mol. The Bertz CT molecular complexity index is 617. The van der Waals surface area contributed by atoms with Gasteiger partial charge in [0.05, 0.1) is 17.6 Å². The highest BCUT2D eigenvalue weighted by molar-refractivity contribution is 5.57. The molecule has 0 aliphatic heterocycles. The number of aliphatic hydroxyl groups excluding tert-OH is 1. The zero-order valence-electron chi connectivity index (χ0n) is 11.7. The summed E-state index contributed by atoms with van der Waals surface area (Å²) < 4.78 is 0. The van der Waals surface area contributed by atoms with Gasteiger partial charge in [-0.2, -0.15) is 0 Å². The molecule has 1 aromatic heterocycles. The van der Waals surface area contributed by atoms with E-state index in [0.29, 0.717) is 6.42 Å². The fraction of sp³-hybridized carbons (Fsp3) is 0.267. The average molecular weight is 287 g/mol. The van der Waals surface area contributed by atoms with Crippen molar-refractivity contribution in [3.63, 3.8) is 0 Å². The van der Waals surface area contributed by atoms with E-state index in [0.717, 1.165) is 11.1 Å². The normalized spacial score (nSPS) is 11.9. The van der Waals surface area contributed by atoms with Crippen LogP contribution in [-0.4, -0.2) is 27.7 Å². The van der Waals surface area contributed by atoms with Crippen molar-refractivity contribution in [3.8, 4) is 0 Å². The number of nitrogens with one attached hydrogen (secondary N) is 1. The standard InChI is InChI=1S/C15H17N3O3/c1-11-7-14(18(20)21)15(16-9-11)17-13(10-19)8-12-5-3-2-4-6-12/h2-7,9,13,19H,8,10H2,1H3,(H,16,17). The molecule has 2 aromatic rings.